The minimum absolute atomic E-state index is 0.0579. The Labute approximate surface area is 104 Å². The number of aryl methyl sites for hydroxylation is 2. The van der Waals surface area contributed by atoms with Crippen LogP contribution in [0.4, 0.5) is 0 Å². The van der Waals surface area contributed by atoms with Crippen LogP contribution >= 0.6 is 11.3 Å². The van der Waals surface area contributed by atoms with Crippen LogP contribution in [0, 0.1) is 0 Å². The lowest BCUT2D eigenvalue weighted by Crippen LogP contribution is -2.15. The monoisotopic (exact) mass is 251 g/mol. The number of nitrogens with zero attached hydrogens (tertiary/aromatic N) is 3. The first-order valence-electron chi connectivity index (χ1n) is 6.13. The predicted octanol–water partition coefficient (Wildman–Crippen LogP) is 2.45. The quantitative estimate of drug-likeness (QED) is 0.767. The summed E-state index contributed by atoms with van der Waals surface area (Å²) in [7, 11) is 0. The zero-order chi connectivity index (χ0) is 12.3. The van der Waals surface area contributed by atoms with Crippen molar-refractivity contribution in [1.82, 2.24) is 14.6 Å². The van der Waals surface area contributed by atoms with Crippen molar-refractivity contribution in [1.29, 1.82) is 0 Å². The van der Waals surface area contributed by atoms with Crippen molar-refractivity contribution in [2.24, 2.45) is 0 Å². The van der Waals surface area contributed by atoms with Crippen molar-refractivity contribution in [2.45, 2.75) is 46.0 Å². The summed E-state index contributed by atoms with van der Waals surface area (Å²) in [5.41, 5.74) is 0.840. The van der Waals surface area contributed by atoms with E-state index in [0.29, 0.717) is 0 Å². The SMILES string of the molecule is CCCCCc1cc(=O)n2nc(CC)sc2n1. The van der Waals surface area contributed by atoms with Gasteiger partial charge in [0.2, 0.25) is 4.96 Å². The van der Waals surface area contributed by atoms with Crippen LogP contribution in [-0.2, 0) is 12.8 Å². The molecular weight excluding hydrogens is 234 g/mol. The summed E-state index contributed by atoms with van der Waals surface area (Å²) in [6.07, 6.45) is 5.20. The zero-order valence-corrected chi connectivity index (χ0v) is 11.1. The summed E-state index contributed by atoms with van der Waals surface area (Å²) in [6, 6.07) is 1.61. The molecule has 0 aliphatic carbocycles. The third kappa shape index (κ3) is 2.72. The maximum Gasteiger partial charge on any atom is 0.275 e. The topological polar surface area (TPSA) is 47.3 Å². The smallest absolute Gasteiger partial charge is 0.267 e. The molecule has 2 heterocycles. The zero-order valence-electron chi connectivity index (χ0n) is 10.3. The van der Waals surface area contributed by atoms with Crippen molar-refractivity contribution in [2.75, 3.05) is 0 Å². The van der Waals surface area contributed by atoms with Gasteiger partial charge < -0.3 is 0 Å². The van der Waals surface area contributed by atoms with E-state index in [1.807, 2.05) is 6.92 Å². The molecular formula is C12H17N3OS. The Morgan fingerprint density at radius 3 is 2.88 bits per heavy atom. The maximum absolute atomic E-state index is 11.8. The molecule has 0 atom stereocenters. The molecule has 0 fully saturated rings. The largest absolute Gasteiger partial charge is 0.275 e. The highest BCUT2D eigenvalue weighted by Gasteiger charge is 2.07. The van der Waals surface area contributed by atoms with Crippen LogP contribution in [-0.4, -0.2) is 14.6 Å². The molecule has 0 aromatic carbocycles. The van der Waals surface area contributed by atoms with Gasteiger partial charge in [0, 0.05) is 11.8 Å². The van der Waals surface area contributed by atoms with Crippen molar-refractivity contribution >= 4 is 16.3 Å². The minimum atomic E-state index is -0.0579. The molecule has 0 unspecified atom stereocenters. The lowest BCUT2D eigenvalue weighted by Gasteiger charge is -1.98. The Balaban J connectivity index is 2.30. The maximum atomic E-state index is 11.8. The standard InChI is InChI=1S/C12H17N3OS/c1-3-5-6-7-9-8-11(16)15-12(13-9)17-10(4-2)14-15/h8H,3-7H2,1-2H3. The second-order valence-corrected chi connectivity index (χ2v) is 5.13. The van der Waals surface area contributed by atoms with E-state index in [9.17, 15) is 4.79 Å². The summed E-state index contributed by atoms with van der Waals surface area (Å²) in [5.74, 6) is 0. The van der Waals surface area contributed by atoms with Gasteiger partial charge in [-0.05, 0) is 19.3 Å². The molecule has 17 heavy (non-hydrogen) atoms. The Hall–Kier alpha value is -1.23. The first-order chi connectivity index (χ1) is 8.24. The fraction of sp³-hybridized carbons (Fsp3) is 0.583. The van der Waals surface area contributed by atoms with Gasteiger partial charge in [0.05, 0.1) is 0 Å². The van der Waals surface area contributed by atoms with Gasteiger partial charge in [0.25, 0.3) is 5.56 Å². The van der Waals surface area contributed by atoms with E-state index >= 15 is 0 Å². The summed E-state index contributed by atoms with van der Waals surface area (Å²) < 4.78 is 1.41. The minimum Gasteiger partial charge on any atom is -0.267 e. The summed E-state index contributed by atoms with van der Waals surface area (Å²) in [4.78, 5) is 17.0. The Morgan fingerprint density at radius 1 is 1.35 bits per heavy atom. The van der Waals surface area contributed by atoms with E-state index in [0.717, 1.165) is 34.9 Å². The van der Waals surface area contributed by atoms with E-state index in [-0.39, 0.29) is 5.56 Å². The van der Waals surface area contributed by atoms with Crippen molar-refractivity contribution < 1.29 is 0 Å². The van der Waals surface area contributed by atoms with E-state index in [2.05, 4.69) is 17.0 Å². The number of fused-ring (bicyclic) bond motifs is 1. The normalized spacial score (nSPS) is 11.2. The molecule has 0 saturated carbocycles. The van der Waals surface area contributed by atoms with Crippen LogP contribution in [0.2, 0.25) is 0 Å². The highest BCUT2D eigenvalue weighted by atomic mass is 32.1. The van der Waals surface area contributed by atoms with Crippen molar-refractivity contribution in [3.05, 3.63) is 27.1 Å². The average molecular weight is 251 g/mol. The fourth-order valence-electron chi connectivity index (χ4n) is 1.72. The molecule has 0 saturated heterocycles. The van der Waals surface area contributed by atoms with Crippen LogP contribution in [0.5, 0.6) is 0 Å². The van der Waals surface area contributed by atoms with Gasteiger partial charge >= 0.3 is 0 Å². The third-order valence-corrected chi connectivity index (χ3v) is 3.73. The molecule has 0 radical (unpaired) electrons. The number of rotatable bonds is 5. The third-order valence-electron chi connectivity index (χ3n) is 2.68. The first kappa shape index (κ1) is 12.2. The Morgan fingerprint density at radius 2 is 2.18 bits per heavy atom. The second-order valence-electron chi connectivity index (χ2n) is 4.09. The molecule has 2 aromatic heterocycles. The van der Waals surface area contributed by atoms with E-state index in [1.165, 1.54) is 28.7 Å². The molecule has 0 N–H and O–H groups in total. The van der Waals surface area contributed by atoms with Gasteiger partial charge in [-0.1, -0.05) is 38.0 Å². The number of hydrogen-bond donors (Lipinski definition) is 0. The lowest BCUT2D eigenvalue weighted by molar-refractivity contribution is 0.704. The molecule has 0 amide bonds. The molecule has 0 spiro atoms. The summed E-state index contributed by atoms with van der Waals surface area (Å²) >= 11 is 1.51. The first-order valence-corrected chi connectivity index (χ1v) is 6.95. The predicted molar refractivity (Wildman–Crippen MR) is 69.7 cm³/mol. The fourth-order valence-corrected chi connectivity index (χ4v) is 2.58. The van der Waals surface area contributed by atoms with Crippen LogP contribution in [0.25, 0.3) is 4.96 Å². The van der Waals surface area contributed by atoms with Crippen molar-refractivity contribution in [3.8, 4) is 0 Å². The molecule has 0 aliphatic rings. The summed E-state index contributed by atoms with van der Waals surface area (Å²) in [5, 5.41) is 5.19. The van der Waals surface area contributed by atoms with Crippen LogP contribution in [0.1, 0.15) is 43.8 Å². The van der Waals surface area contributed by atoms with Gasteiger partial charge in [-0.15, -0.1) is 0 Å². The molecule has 5 heteroatoms. The average Bonchev–Trinajstić information content (AvgIpc) is 2.73. The van der Waals surface area contributed by atoms with Gasteiger partial charge in [-0.3, -0.25) is 4.79 Å². The van der Waals surface area contributed by atoms with Crippen LogP contribution < -0.4 is 5.56 Å². The second kappa shape index (κ2) is 5.40. The Bertz CT molecular complexity index is 558. The highest BCUT2D eigenvalue weighted by molar-refractivity contribution is 7.16. The van der Waals surface area contributed by atoms with Crippen molar-refractivity contribution in [3.63, 3.8) is 0 Å². The molecule has 2 rings (SSSR count). The number of hydrogen-bond acceptors (Lipinski definition) is 4. The number of aromatic nitrogens is 3. The molecule has 92 valence electrons. The van der Waals surface area contributed by atoms with Gasteiger partial charge in [0.1, 0.15) is 5.01 Å². The van der Waals surface area contributed by atoms with Gasteiger partial charge in [-0.25, -0.2) is 4.98 Å². The van der Waals surface area contributed by atoms with Gasteiger partial charge in [0.15, 0.2) is 0 Å². The van der Waals surface area contributed by atoms with E-state index < -0.39 is 0 Å². The summed E-state index contributed by atoms with van der Waals surface area (Å²) in [6.45, 7) is 4.20. The Kier molecular flexibility index (Phi) is 3.89. The van der Waals surface area contributed by atoms with Crippen LogP contribution in [0.3, 0.4) is 0 Å². The molecule has 2 aromatic rings. The molecule has 0 aliphatic heterocycles. The lowest BCUT2D eigenvalue weighted by atomic mass is 10.1. The van der Waals surface area contributed by atoms with E-state index in [4.69, 9.17) is 0 Å². The number of unbranched alkanes of at least 4 members (excludes halogenated alkanes) is 2. The molecule has 4 nitrogen and oxygen atoms in total. The van der Waals surface area contributed by atoms with Crippen LogP contribution in [0.15, 0.2) is 10.9 Å². The highest BCUT2D eigenvalue weighted by Crippen LogP contribution is 2.12. The molecule has 0 bridgehead atoms. The van der Waals surface area contributed by atoms with Gasteiger partial charge in [-0.2, -0.15) is 9.61 Å². The van der Waals surface area contributed by atoms with E-state index in [1.54, 1.807) is 6.07 Å².